The third kappa shape index (κ3) is 3.72. The lowest BCUT2D eigenvalue weighted by atomic mass is 10.1. The molecule has 0 saturated heterocycles. The van der Waals surface area contributed by atoms with E-state index in [1.54, 1.807) is 42.1 Å². The summed E-state index contributed by atoms with van der Waals surface area (Å²) in [4.78, 5) is 23.0. The van der Waals surface area contributed by atoms with Crippen LogP contribution in [-0.4, -0.2) is 17.5 Å². The van der Waals surface area contributed by atoms with Gasteiger partial charge in [0.1, 0.15) is 0 Å². The van der Waals surface area contributed by atoms with Crippen molar-refractivity contribution in [2.24, 2.45) is 0 Å². The van der Waals surface area contributed by atoms with Crippen LogP contribution in [-0.2, 0) is 13.1 Å². The summed E-state index contributed by atoms with van der Waals surface area (Å²) in [6.45, 7) is 3.22. The van der Waals surface area contributed by atoms with Gasteiger partial charge in [0, 0.05) is 38.0 Å². The fourth-order valence-corrected chi connectivity index (χ4v) is 2.01. The molecule has 0 bridgehead atoms. The van der Waals surface area contributed by atoms with E-state index in [0.717, 1.165) is 11.3 Å². The van der Waals surface area contributed by atoms with E-state index in [0.29, 0.717) is 18.7 Å². The molecule has 0 aliphatic rings. The number of aromatic nitrogens is 1. The van der Waals surface area contributed by atoms with Gasteiger partial charge in [0.2, 0.25) is 0 Å². The molecule has 110 valence electrons. The number of hydrogen-bond acceptors (Lipinski definition) is 3. The van der Waals surface area contributed by atoms with Crippen LogP contribution in [0.4, 0.5) is 5.69 Å². The van der Waals surface area contributed by atoms with Gasteiger partial charge in [-0.25, -0.2) is 0 Å². The summed E-state index contributed by atoms with van der Waals surface area (Å²) in [5.74, 6) is -0.0930. The zero-order valence-corrected chi connectivity index (χ0v) is 12.2. The SMILES string of the molecule is CCn1cc(NCc2ccc(C(=O)NC)cc2)ccc1=O. The predicted octanol–water partition coefficient (Wildman–Crippen LogP) is 1.84. The second kappa shape index (κ2) is 6.74. The van der Waals surface area contributed by atoms with Crippen molar-refractivity contribution in [2.45, 2.75) is 20.0 Å². The lowest BCUT2D eigenvalue weighted by molar-refractivity contribution is 0.0963. The van der Waals surface area contributed by atoms with Crippen molar-refractivity contribution in [3.8, 4) is 0 Å². The Bertz CT molecular complexity index is 675. The molecule has 1 aromatic carbocycles. The second-order valence-electron chi connectivity index (χ2n) is 4.67. The summed E-state index contributed by atoms with van der Waals surface area (Å²) >= 11 is 0. The minimum Gasteiger partial charge on any atom is -0.380 e. The van der Waals surface area contributed by atoms with Gasteiger partial charge in [0.15, 0.2) is 0 Å². The first-order valence-electron chi connectivity index (χ1n) is 6.89. The van der Waals surface area contributed by atoms with Crippen LogP contribution in [0.15, 0.2) is 47.4 Å². The minimum atomic E-state index is -0.0930. The monoisotopic (exact) mass is 285 g/mol. The van der Waals surface area contributed by atoms with E-state index in [1.165, 1.54) is 0 Å². The Labute approximate surface area is 123 Å². The van der Waals surface area contributed by atoms with Crippen molar-refractivity contribution in [3.05, 3.63) is 64.1 Å². The summed E-state index contributed by atoms with van der Waals surface area (Å²) in [6, 6.07) is 10.7. The van der Waals surface area contributed by atoms with Crippen molar-refractivity contribution in [3.63, 3.8) is 0 Å². The molecule has 1 heterocycles. The van der Waals surface area contributed by atoms with Crippen LogP contribution in [0.3, 0.4) is 0 Å². The highest BCUT2D eigenvalue weighted by molar-refractivity contribution is 5.93. The number of pyridine rings is 1. The van der Waals surface area contributed by atoms with Gasteiger partial charge in [0.05, 0.1) is 5.69 Å². The molecule has 2 N–H and O–H groups in total. The van der Waals surface area contributed by atoms with Crippen molar-refractivity contribution in [1.82, 2.24) is 9.88 Å². The molecule has 0 atom stereocenters. The molecular formula is C16H19N3O2. The number of anilines is 1. The minimum absolute atomic E-state index is 0.00187. The van der Waals surface area contributed by atoms with Crippen molar-refractivity contribution in [1.29, 1.82) is 0 Å². The maximum absolute atomic E-state index is 11.5. The Morgan fingerprint density at radius 3 is 2.48 bits per heavy atom. The largest absolute Gasteiger partial charge is 0.380 e. The quantitative estimate of drug-likeness (QED) is 0.881. The smallest absolute Gasteiger partial charge is 0.251 e. The summed E-state index contributed by atoms with van der Waals surface area (Å²) < 4.78 is 1.65. The molecule has 5 nitrogen and oxygen atoms in total. The van der Waals surface area contributed by atoms with Crippen LogP contribution >= 0.6 is 0 Å². The topological polar surface area (TPSA) is 63.1 Å². The van der Waals surface area contributed by atoms with Crippen molar-refractivity contribution >= 4 is 11.6 Å². The van der Waals surface area contributed by atoms with Gasteiger partial charge < -0.3 is 15.2 Å². The van der Waals surface area contributed by atoms with E-state index >= 15 is 0 Å². The number of nitrogens with zero attached hydrogens (tertiary/aromatic N) is 1. The number of aryl methyl sites for hydroxylation is 1. The summed E-state index contributed by atoms with van der Waals surface area (Å²) in [7, 11) is 1.61. The van der Waals surface area contributed by atoms with Crippen LogP contribution in [0.5, 0.6) is 0 Å². The molecule has 0 aliphatic heterocycles. The van der Waals surface area contributed by atoms with Gasteiger partial charge in [-0.15, -0.1) is 0 Å². The molecule has 1 aromatic heterocycles. The molecular weight excluding hydrogens is 266 g/mol. The normalized spacial score (nSPS) is 10.2. The summed E-state index contributed by atoms with van der Waals surface area (Å²) in [5.41, 5.74) is 2.60. The predicted molar refractivity (Wildman–Crippen MR) is 83.5 cm³/mol. The average Bonchev–Trinajstić information content (AvgIpc) is 2.53. The highest BCUT2D eigenvalue weighted by Gasteiger charge is 2.02. The van der Waals surface area contributed by atoms with Crippen LogP contribution in [0.1, 0.15) is 22.8 Å². The Balaban J connectivity index is 2.03. The van der Waals surface area contributed by atoms with Crippen LogP contribution in [0, 0.1) is 0 Å². The van der Waals surface area contributed by atoms with Gasteiger partial charge in [-0.3, -0.25) is 9.59 Å². The number of rotatable bonds is 5. The fraction of sp³-hybridized carbons (Fsp3) is 0.250. The van der Waals surface area contributed by atoms with Crippen molar-refractivity contribution < 1.29 is 4.79 Å². The summed E-state index contributed by atoms with van der Waals surface area (Å²) in [6.07, 6.45) is 1.81. The van der Waals surface area contributed by atoms with Crippen LogP contribution in [0.25, 0.3) is 0 Å². The number of benzene rings is 1. The Kier molecular flexibility index (Phi) is 4.77. The standard InChI is InChI=1S/C16H19N3O2/c1-3-19-11-14(8-9-15(19)20)18-10-12-4-6-13(7-5-12)16(21)17-2/h4-9,11,18H,3,10H2,1-2H3,(H,17,21). The molecule has 0 saturated carbocycles. The first kappa shape index (κ1) is 14.8. The number of amides is 1. The molecule has 1 amide bonds. The highest BCUT2D eigenvalue weighted by Crippen LogP contribution is 2.09. The van der Waals surface area contributed by atoms with Crippen LogP contribution < -0.4 is 16.2 Å². The van der Waals surface area contributed by atoms with E-state index in [1.807, 2.05) is 19.1 Å². The molecule has 2 rings (SSSR count). The molecule has 0 radical (unpaired) electrons. The van der Waals surface area contributed by atoms with Gasteiger partial charge in [-0.2, -0.15) is 0 Å². The van der Waals surface area contributed by atoms with Gasteiger partial charge in [-0.05, 0) is 30.7 Å². The van der Waals surface area contributed by atoms with E-state index in [-0.39, 0.29) is 11.5 Å². The number of carbonyl (C=O) groups excluding carboxylic acids is 1. The zero-order valence-electron chi connectivity index (χ0n) is 12.2. The molecule has 21 heavy (non-hydrogen) atoms. The zero-order chi connectivity index (χ0) is 15.2. The Morgan fingerprint density at radius 2 is 1.86 bits per heavy atom. The van der Waals surface area contributed by atoms with Gasteiger partial charge in [0.25, 0.3) is 11.5 Å². The molecule has 5 heteroatoms. The summed E-state index contributed by atoms with van der Waals surface area (Å²) in [5, 5.41) is 5.85. The lowest BCUT2D eigenvalue weighted by Gasteiger charge is -2.09. The maximum atomic E-state index is 11.5. The van der Waals surface area contributed by atoms with Crippen LogP contribution in [0.2, 0.25) is 0 Å². The number of nitrogens with one attached hydrogen (secondary N) is 2. The van der Waals surface area contributed by atoms with Gasteiger partial charge >= 0.3 is 0 Å². The molecule has 2 aromatic rings. The Morgan fingerprint density at radius 1 is 1.14 bits per heavy atom. The fourth-order valence-electron chi connectivity index (χ4n) is 2.01. The molecule has 0 spiro atoms. The first-order valence-corrected chi connectivity index (χ1v) is 6.89. The number of carbonyl (C=O) groups is 1. The average molecular weight is 285 g/mol. The molecule has 0 fully saturated rings. The van der Waals surface area contributed by atoms with Crippen molar-refractivity contribution in [2.75, 3.05) is 12.4 Å². The van der Waals surface area contributed by atoms with E-state index in [9.17, 15) is 9.59 Å². The lowest BCUT2D eigenvalue weighted by Crippen LogP contribution is -2.18. The second-order valence-corrected chi connectivity index (χ2v) is 4.67. The van der Waals surface area contributed by atoms with Gasteiger partial charge in [-0.1, -0.05) is 12.1 Å². The first-order chi connectivity index (χ1) is 10.1. The Hall–Kier alpha value is -2.56. The molecule has 0 aliphatic carbocycles. The highest BCUT2D eigenvalue weighted by atomic mass is 16.1. The third-order valence-corrected chi connectivity index (χ3v) is 3.26. The van der Waals surface area contributed by atoms with E-state index in [4.69, 9.17) is 0 Å². The molecule has 0 unspecified atom stereocenters. The maximum Gasteiger partial charge on any atom is 0.251 e. The number of hydrogen-bond donors (Lipinski definition) is 2. The third-order valence-electron chi connectivity index (χ3n) is 3.26. The van der Waals surface area contributed by atoms with E-state index < -0.39 is 0 Å². The van der Waals surface area contributed by atoms with E-state index in [2.05, 4.69) is 10.6 Å².